The van der Waals surface area contributed by atoms with Crippen LogP contribution in [0.5, 0.6) is 5.75 Å². The number of nitrogens with two attached hydrogens (primary N) is 1. The van der Waals surface area contributed by atoms with Gasteiger partial charge in [-0.1, -0.05) is 38.5 Å². The summed E-state index contributed by atoms with van der Waals surface area (Å²) >= 11 is 0. The molecule has 0 fully saturated rings. The number of fused-ring (bicyclic) bond motifs is 1. The minimum absolute atomic E-state index is 0.00197. The van der Waals surface area contributed by atoms with E-state index >= 15 is 0 Å². The van der Waals surface area contributed by atoms with Crippen molar-refractivity contribution in [1.82, 2.24) is 5.32 Å². The van der Waals surface area contributed by atoms with Crippen LogP contribution in [0.2, 0.25) is 0 Å². The summed E-state index contributed by atoms with van der Waals surface area (Å²) in [6, 6.07) is 4.07. The molecule has 1 aromatic rings. The molecule has 1 heterocycles. The van der Waals surface area contributed by atoms with Crippen molar-refractivity contribution in [3.63, 3.8) is 0 Å². The molecule has 1 aliphatic rings. The van der Waals surface area contributed by atoms with Crippen molar-refractivity contribution in [1.29, 1.82) is 0 Å². The normalized spacial score (nSPS) is 19.4. The average molecular weight is 290 g/mol. The molecule has 0 spiro atoms. The van der Waals surface area contributed by atoms with Gasteiger partial charge in [0.05, 0.1) is 12.6 Å². The lowest BCUT2D eigenvalue weighted by molar-refractivity contribution is -0.129. The Balaban J connectivity index is 2.37. The smallest absolute Gasteiger partial charge is 0.225 e. The fourth-order valence-corrected chi connectivity index (χ4v) is 2.55. The second kappa shape index (κ2) is 5.68. The lowest BCUT2D eigenvalue weighted by Crippen LogP contribution is -2.39. The van der Waals surface area contributed by atoms with Gasteiger partial charge in [0.25, 0.3) is 0 Å². The third kappa shape index (κ3) is 3.38. The summed E-state index contributed by atoms with van der Waals surface area (Å²) in [6.07, 6.45) is 0.788. The van der Waals surface area contributed by atoms with E-state index in [1.807, 2.05) is 34.6 Å². The molecule has 1 aliphatic heterocycles. The third-order valence-corrected chi connectivity index (χ3v) is 3.80. The Kier molecular flexibility index (Phi) is 4.28. The summed E-state index contributed by atoms with van der Waals surface area (Å²) < 4.78 is 5.84. The van der Waals surface area contributed by atoms with Crippen LogP contribution >= 0.6 is 0 Å². The molecule has 4 nitrogen and oxygen atoms in total. The standard InChI is InChI=1S/C17H26N2O2/c1-10-8-12(11(2)18)15-13(9-10)14(6-7-21-15)19-16(20)17(3,4)5/h8-9,11,14H,6-7,18H2,1-5H3,(H,19,20). The van der Waals surface area contributed by atoms with Gasteiger partial charge in [-0.3, -0.25) is 4.79 Å². The molecule has 1 amide bonds. The van der Waals surface area contributed by atoms with Crippen molar-refractivity contribution in [2.24, 2.45) is 11.1 Å². The molecule has 2 rings (SSSR count). The highest BCUT2D eigenvalue weighted by atomic mass is 16.5. The molecule has 2 unspecified atom stereocenters. The van der Waals surface area contributed by atoms with Gasteiger partial charge in [-0.25, -0.2) is 0 Å². The molecule has 0 aromatic heterocycles. The molecule has 0 saturated carbocycles. The van der Waals surface area contributed by atoms with Crippen molar-refractivity contribution >= 4 is 5.91 Å². The van der Waals surface area contributed by atoms with Gasteiger partial charge in [-0.2, -0.15) is 0 Å². The Hall–Kier alpha value is -1.55. The van der Waals surface area contributed by atoms with Crippen molar-refractivity contribution in [2.75, 3.05) is 6.61 Å². The summed E-state index contributed by atoms with van der Waals surface area (Å²) in [5, 5.41) is 3.15. The van der Waals surface area contributed by atoms with E-state index in [4.69, 9.17) is 10.5 Å². The predicted molar refractivity (Wildman–Crippen MR) is 84.2 cm³/mol. The van der Waals surface area contributed by atoms with Crippen molar-refractivity contribution in [3.05, 3.63) is 28.8 Å². The van der Waals surface area contributed by atoms with Crippen molar-refractivity contribution in [3.8, 4) is 5.75 Å². The first-order valence-corrected chi connectivity index (χ1v) is 7.54. The summed E-state index contributed by atoms with van der Waals surface area (Å²) in [5.41, 5.74) is 8.86. The first-order chi connectivity index (χ1) is 9.70. The number of hydrogen-bond donors (Lipinski definition) is 2. The minimum Gasteiger partial charge on any atom is -0.493 e. The minimum atomic E-state index is -0.397. The molecule has 1 aromatic carbocycles. The fourth-order valence-electron chi connectivity index (χ4n) is 2.55. The second-order valence-corrected chi connectivity index (χ2v) is 6.97. The quantitative estimate of drug-likeness (QED) is 0.880. The van der Waals surface area contributed by atoms with Crippen LogP contribution in [0.15, 0.2) is 12.1 Å². The van der Waals surface area contributed by atoms with Crippen LogP contribution < -0.4 is 15.8 Å². The average Bonchev–Trinajstić information content (AvgIpc) is 2.37. The lowest BCUT2D eigenvalue weighted by atomic mass is 9.90. The molecule has 0 radical (unpaired) electrons. The number of carbonyl (C=O) groups excluding carboxylic acids is 1. The Morgan fingerprint density at radius 1 is 1.43 bits per heavy atom. The molecule has 2 atom stereocenters. The van der Waals surface area contributed by atoms with Crippen LogP contribution in [0.25, 0.3) is 0 Å². The van der Waals surface area contributed by atoms with E-state index in [9.17, 15) is 4.79 Å². The monoisotopic (exact) mass is 290 g/mol. The van der Waals surface area contributed by atoms with Crippen LogP contribution in [0, 0.1) is 12.3 Å². The van der Waals surface area contributed by atoms with Crippen LogP contribution in [-0.2, 0) is 4.79 Å². The van der Waals surface area contributed by atoms with E-state index < -0.39 is 5.41 Å². The summed E-state index contributed by atoms with van der Waals surface area (Å²) in [6.45, 7) is 10.4. The van der Waals surface area contributed by atoms with E-state index in [1.165, 1.54) is 0 Å². The van der Waals surface area contributed by atoms with Gasteiger partial charge in [-0.05, 0) is 13.8 Å². The molecule has 0 aliphatic carbocycles. The number of ether oxygens (including phenoxy) is 1. The van der Waals surface area contributed by atoms with Gasteiger partial charge in [0.1, 0.15) is 5.75 Å². The lowest BCUT2D eigenvalue weighted by Gasteiger charge is -2.31. The van der Waals surface area contributed by atoms with Gasteiger partial charge in [-0.15, -0.1) is 0 Å². The summed E-state index contributed by atoms with van der Waals surface area (Å²) in [4.78, 5) is 12.3. The maximum atomic E-state index is 12.3. The highest BCUT2D eigenvalue weighted by Gasteiger charge is 2.30. The van der Waals surface area contributed by atoms with E-state index in [0.29, 0.717) is 6.61 Å². The maximum Gasteiger partial charge on any atom is 0.225 e. The second-order valence-electron chi connectivity index (χ2n) is 6.97. The predicted octanol–water partition coefficient (Wildman–Crippen LogP) is 3.00. The van der Waals surface area contributed by atoms with Crippen LogP contribution in [-0.4, -0.2) is 12.5 Å². The molecule has 21 heavy (non-hydrogen) atoms. The molecule has 0 bridgehead atoms. The molecule has 3 N–H and O–H groups in total. The van der Waals surface area contributed by atoms with Gasteiger partial charge in [0, 0.05) is 29.0 Å². The SMILES string of the molecule is Cc1cc(C(C)N)c2c(c1)C(NC(=O)C(C)(C)C)CCO2. The fraction of sp³-hybridized carbons (Fsp3) is 0.588. The van der Waals surface area contributed by atoms with Gasteiger partial charge in [0.15, 0.2) is 0 Å². The maximum absolute atomic E-state index is 12.3. The largest absolute Gasteiger partial charge is 0.493 e. The Labute approximate surface area is 127 Å². The highest BCUT2D eigenvalue weighted by Crippen LogP contribution is 2.38. The van der Waals surface area contributed by atoms with E-state index in [2.05, 4.69) is 17.4 Å². The molecule has 0 saturated heterocycles. The topological polar surface area (TPSA) is 64.3 Å². The number of hydrogen-bond acceptors (Lipinski definition) is 3. The van der Waals surface area contributed by atoms with Gasteiger partial charge in [0.2, 0.25) is 5.91 Å². The highest BCUT2D eigenvalue weighted by molar-refractivity contribution is 5.82. The Morgan fingerprint density at radius 2 is 2.10 bits per heavy atom. The zero-order valence-electron chi connectivity index (χ0n) is 13.6. The van der Waals surface area contributed by atoms with Gasteiger partial charge >= 0.3 is 0 Å². The molecule has 4 heteroatoms. The molecular weight excluding hydrogens is 264 g/mol. The van der Waals surface area contributed by atoms with Crippen LogP contribution in [0.1, 0.15) is 62.9 Å². The summed E-state index contributed by atoms with van der Waals surface area (Å²) in [7, 11) is 0. The molecular formula is C17H26N2O2. The zero-order chi connectivity index (χ0) is 15.8. The van der Waals surface area contributed by atoms with Crippen molar-refractivity contribution in [2.45, 2.75) is 53.1 Å². The zero-order valence-corrected chi connectivity index (χ0v) is 13.6. The number of aryl methyl sites for hydroxylation is 1. The van der Waals surface area contributed by atoms with E-state index in [1.54, 1.807) is 0 Å². The van der Waals surface area contributed by atoms with Gasteiger partial charge < -0.3 is 15.8 Å². The number of rotatable bonds is 2. The molecule has 116 valence electrons. The van der Waals surface area contributed by atoms with Crippen molar-refractivity contribution < 1.29 is 9.53 Å². The Bertz CT molecular complexity index is 544. The van der Waals surface area contributed by atoms with Crippen LogP contribution in [0.4, 0.5) is 0 Å². The first-order valence-electron chi connectivity index (χ1n) is 7.54. The Morgan fingerprint density at radius 3 is 2.67 bits per heavy atom. The number of amides is 1. The number of benzene rings is 1. The van der Waals surface area contributed by atoms with E-state index in [0.717, 1.165) is 28.9 Å². The summed E-state index contributed by atoms with van der Waals surface area (Å²) in [5.74, 6) is 0.908. The van der Waals surface area contributed by atoms with E-state index in [-0.39, 0.29) is 18.0 Å². The number of carbonyl (C=O) groups is 1. The number of nitrogens with one attached hydrogen (secondary N) is 1. The third-order valence-electron chi connectivity index (χ3n) is 3.80. The first kappa shape index (κ1) is 15.8. The van der Waals surface area contributed by atoms with Crippen LogP contribution in [0.3, 0.4) is 0 Å².